The number of benzene rings is 1. The minimum atomic E-state index is -0.333. The van der Waals surface area contributed by atoms with E-state index in [4.69, 9.17) is 18.9 Å². The molecular weight excluding hydrogens is 258 g/mol. The van der Waals surface area contributed by atoms with Gasteiger partial charge in [0.25, 0.3) is 0 Å². The molecule has 1 N–H and O–H groups in total. The van der Waals surface area contributed by atoms with Gasteiger partial charge in [-0.25, -0.2) is 0 Å². The Morgan fingerprint density at radius 3 is 2.25 bits per heavy atom. The Balaban J connectivity index is 2.90. The number of rotatable bonds is 9. The Kier molecular flexibility index (Phi) is 7.18. The molecule has 0 saturated heterocycles. The van der Waals surface area contributed by atoms with Gasteiger partial charge >= 0.3 is 0 Å². The maximum atomic E-state index is 5.62. The monoisotopic (exact) mass is 283 g/mol. The summed E-state index contributed by atoms with van der Waals surface area (Å²) in [4.78, 5) is 0. The molecule has 114 valence electrons. The van der Waals surface area contributed by atoms with Crippen LogP contribution in [0.2, 0.25) is 0 Å². The van der Waals surface area contributed by atoms with Crippen LogP contribution in [0, 0.1) is 0 Å². The van der Waals surface area contributed by atoms with Crippen LogP contribution in [-0.2, 0) is 9.47 Å². The normalized spacial score (nSPS) is 12.3. The van der Waals surface area contributed by atoms with Crippen molar-refractivity contribution in [2.75, 3.05) is 32.8 Å². The molecule has 1 aromatic rings. The van der Waals surface area contributed by atoms with Crippen molar-refractivity contribution in [3.8, 4) is 11.5 Å². The number of methoxy groups -OCH3 is 2. The molecule has 0 bridgehead atoms. The van der Waals surface area contributed by atoms with E-state index in [1.807, 2.05) is 39.0 Å². The number of ether oxygens (including phenoxy) is 4. The average Bonchev–Trinajstić information content (AvgIpc) is 2.43. The molecule has 1 aromatic carbocycles. The summed E-state index contributed by atoms with van der Waals surface area (Å²) < 4.78 is 21.6. The van der Waals surface area contributed by atoms with Gasteiger partial charge in [-0.1, -0.05) is 0 Å². The summed E-state index contributed by atoms with van der Waals surface area (Å²) in [5.74, 6) is 1.59. The summed E-state index contributed by atoms with van der Waals surface area (Å²) in [6.07, 6.45) is -0.333. The van der Waals surface area contributed by atoms with Gasteiger partial charge in [-0.05, 0) is 32.9 Å². The molecule has 0 amide bonds. The topological polar surface area (TPSA) is 49.0 Å². The van der Waals surface area contributed by atoms with Gasteiger partial charge in [0, 0.05) is 20.3 Å². The van der Waals surface area contributed by atoms with Crippen molar-refractivity contribution < 1.29 is 18.9 Å². The fourth-order valence-corrected chi connectivity index (χ4v) is 1.98. The van der Waals surface area contributed by atoms with Crippen LogP contribution in [0.1, 0.15) is 20.8 Å². The molecule has 1 unspecified atom stereocenters. The van der Waals surface area contributed by atoms with E-state index in [1.165, 1.54) is 0 Å². The third kappa shape index (κ3) is 4.58. The SMILES string of the molecule is CCOc1ccc(OCC)c(NC(C)C(OC)OC)c1. The van der Waals surface area contributed by atoms with Crippen LogP contribution in [0.4, 0.5) is 5.69 Å². The van der Waals surface area contributed by atoms with Crippen LogP contribution >= 0.6 is 0 Å². The minimum absolute atomic E-state index is 0.0268. The molecule has 0 aliphatic heterocycles. The van der Waals surface area contributed by atoms with Gasteiger partial charge in [0.15, 0.2) is 6.29 Å². The van der Waals surface area contributed by atoms with Crippen LogP contribution in [0.15, 0.2) is 18.2 Å². The number of hydrogen-bond donors (Lipinski definition) is 1. The van der Waals surface area contributed by atoms with Crippen LogP contribution in [0.3, 0.4) is 0 Å². The maximum Gasteiger partial charge on any atom is 0.176 e. The quantitative estimate of drug-likeness (QED) is 0.706. The predicted molar refractivity (Wildman–Crippen MR) is 79.7 cm³/mol. The lowest BCUT2D eigenvalue weighted by Gasteiger charge is -2.24. The van der Waals surface area contributed by atoms with Crippen LogP contribution in [0.25, 0.3) is 0 Å². The van der Waals surface area contributed by atoms with E-state index < -0.39 is 0 Å². The van der Waals surface area contributed by atoms with Crippen LogP contribution in [-0.4, -0.2) is 39.8 Å². The third-order valence-corrected chi connectivity index (χ3v) is 2.82. The molecule has 0 aliphatic rings. The molecule has 0 heterocycles. The molecule has 20 heavy (non-hydrogen) atoms. The zero-order chi connectivity index (χ0) is 15.0. The molecule has 0 aliphatic carbocycles. The number of hydrogen-bond acceptors (Lipinski definition) is 5. The van der Waals surface area contributed by atoms with Gasteiger partial charge in [0.05, 0.1) is 24.9 Å². The fourth-order valence-electron chi connectivity index (χ4n) is 1.98. The van der Waals surface area contributed by atoms with Crippen molar-refractivity contribution in [1.82, 2.24) is 0 Å². The van der Waals surface area contributed by atoms with Gasteiger partial charge in [-0.15, -0.1) is 0 Å². The number of anilines is 1. The summed E-state index contributed by atoms with van der Waals surface area (Å²) in [6.45, 7) is 7.13. The zero-order valence-corrected chi connectivity index (χ0v) is 12.9. The van der Waals surface area contributed by atoms with E-state index in [0.717, 1.165) is 17.2 Å². The molecule has 0 radical (unpaired) electrons. The fraction of sp³-hybridized carbons (Fsp3) is 0.600. The van der Waals surface area contributed by atoms with E-state index in [9.17, 15) is 0 Å². The first-order valence-corrected chi connectivity index (χ1v) is 6.88. The van der Waals surface area contributed by atoms with Gasteiger partial charge in [-0.2, -0.15) is 0 Å². The van der Waals surface area contributed by atoms with Crippen LogP contribution in [0.5, 0.6) is 11.5 Å². The smallest absolute Gasteiger partial charge is 0.176 e. The first-order chi connectivity index (χ1) is 9.65. The van der Waals surface area contributed by atoms with Crippen LogP contribution < -0.4 is 14.8 Å². The average molecular weight is 283 g/mol. The summed E-state index contributed by atoms with van der Waals surface area (Å²) in [5.41, 5.74) is 0.865. The van der Waals surface area contributed by atoms with Crippen molar-refractivity contribution in [2.45, 2.75) is 33.1 Å². The summed E-state index contributed by atoms with van der Waals surface area (Å²) >= 11 is 0. The molecule has 1 rings (SSSR count). The molecule has 5 nitrogen and oxygen atoms in total. The highest BCUT2D eigenvalue weighted by atomic mass is 16.7. The van der Waals surface area contributed by atoms with Crippen molar-refractivity contribution in [2.24, 2.45) is 0 Å². The largest absolute Gasteiger partial charge is 0.494 e. The van der Waals surface area contributed by atoms with E-state index in [1.54, 1.807) is 14.2 Å². The third-order valence-electron chi connectivity index (χ3n) is 2.82. The molecule has 0 fully saturated rings. The van der Waals surface area contributed by atoms with Gasteiger partial charge in [-0.3, -0.25) is 0 Å². The molecule has 0 saturated carbocycles. The van der Waals surface area contributed by atoms with E-state index in [-0.39, 0.29) is 12.3 Å². The highest BCUT2D eigenvalue weighted by Crippen LogP contribution is 2.30. The molecule has 5 heteroatoms. The van der Waals surface area contributed by atoms with E-state index >= 15 is 0 Å². The van der Waals surface area contributed by atoms with Gasteiger partial charge in [0.1, 0.15) is 11.5 Å². The molecule has 0 aromatic heterocycles. The Bertz CT molecular complexity index is 393. The summed E-state index contributed by atoms with van der Waals surface area (Å²) in [7, 11) is 3.23. The van der Waals surface area contributed by atoms with Gasteiger partial charge < -0.3 is 24.3 Å². The second-order valence-corrected chi connectivity index (χ2v) is 4.30. The maximum absolute atomic E-state index is 5.62. The first kappa shape index (κ1) is 16.6. The Hall–Kier alpha value is -1.46. The van der Waals surface area contributed by atoms with Crippen molar-refractivity contribution in [3.05, 3.63) is 18.2 Å². The second kappa shape index (κ2) is 8.66. The molecule has 0 spiro atoms. The highest BCUT2D eigenvalue weighted by Gasteiger charge is 2.17. The lowest BCUT2D eigenvalue weighted by molar-refractivity contribution is -0.109. The van der Waals surface area contributed by atoms with E-state index in [0.29, 0.717) is 13.2 Å². The highest BCUT2D eigenvalue weighted by molar-refractivity contribution is 5.60. The zero-order valence-electron chi connectivity index (χ0n) is 12.9. The Morgan fingerprint density at radius 2 is 1.70 bits per heavy atom. The Labute approximate surface area is 121 Å². The summed E-state index contributed by atoms with van der Waals surface area (Å²) in [5, 5.41) is 3.34. The second-order valence-electron chi connectivity index (χ2n) is 4.30. The molecule has 1 atom stereocenters. The van der Waals surface area contributed by atoms with Crippen molar-refractivity contribution in [3.63, 3.8) is 0 Å². The predicted octanol–water partition coefficient (Wildman–Crippen LogP) is 2.90. The standard InChI is InChI=1S/C15H25NO4/c1-6-19-12-8-9-14(20-7-2)13(10-12)16-11(3)15(17-4)18-5/h8-11,15-16H,6-7H2,1-5H3. The molecular formula is C15H25NO4. The Morgan fingerprint density at radius 1 is 1.05 bits per heavy atom. The number of nitrogens with one attached hydrogen (secondary N) is 1. The first-order valence-electron chi connectivity index (χ1n) is 6.88. The summed E-state index contributed by atoms with van der Waals surface area (Å²) in [6, 6.07) is 5.70. The minimum Gasteiger partial charge on any atom is -0.494 e. The van der Waals surface area contributed by atoms with Gasteiger partial charge in [0.2, 0.25) is 0 Å². The lowest BCUT2D eigenvalue weighted by atomic mass is 10.2. The lowest BCUT2D eigenvalue weighted by Crippen LogP contribution is -2.33. The van der Waals surface area contributed by atoms with Crippen molar-refractivity contribution in [1.29, 1.82) is 0 Å². The van der Waals surface area contributed by atoms with Crippen molar-refractivity contribution >= 4 is 5.69 Å². The van der Waals surface area contributed by atoms with E-state index in [2.05, 4.69) is 5.32 Å².